The Kier molecular flexibility index (Phi) is 3.40. The van der Waals surface area contributed by atoms with Crippen LogP contribution in [0.15, 0.2) is 18.2 Å². The molecule has 0 aromatic heterocycles. The van der Waals surface area contributed by atoms with Crippen LogP contribution in [0.5, 0.6) is 0 Å². The van der Waals surface area contributed by atoms with Crippen LogP contribution in [0.4, 0.5) is 5.69 Å². The van der Waals surface area contributed by atoms with Gasteiger partial charge in [-0.25, -0.2) is 0 Å². The zero-order valence-corrected chi connectivity index (χ0v) is 13.1. The summed E-state index contributed by atoms with van der Waals surface area (Å²) in [6.45, 7) is 0.332. The standard InChI is InChI=1S/C16H18Cl2N2O/c17-10-2-1-3-11(18)15(10)20-12(21)7-19-16-13-8-4-5-9(6-8)14(13)16/h1-3,8-9,13-14,16,19H,4-7H2,(H,20,21). The second kappa shape index (κ2) is 5.15. The predicted molar refractivity (Wildman–Crippen MR) is 84.7 cm³/mol. The Balaban J connectivity index is 1.31. The summed E-state index contributed by atoms with van der Waals surface area (Å²) in [7, 11) is 0. The summed E-state index contributed by atoms with van der Waals surface area (Å²) in [6.07, 6.45) is 4.21. The largest absolute Gasteiger partial charge is 0.322 e. The molecular formula is C16H18Cl2N2O. The van der Waals surface area contributed by atoms with Gasteiger partial charge in [0, 0.05) is 6.04 Å². The van der Waals surface area contributed by atoms with E-state index in [0.717, 1.165) is 23.7 Å². The molecule has 3 saturated carbocycles. The van der Waals surface area contributed by atoms with E-state index >= 15 is 0 Å². The Hall–Kier alpha value is -0.770. The van der Waals surface area contributed by atoms with Gasteiger partial charge in [-0.05, 0) is 55.1 Å². The van der Waals surface area contributed by atoms with Crippen molar-refractivity contribution in [2.45, 2.75) is 25.3 Å². The summed E-state index contributed by atoms with van der Waals surface area (Å²) in [5.41, 5.74) is 0.503. The van der Waals surface area contributed by atoms with Crippen molar-refractivity contribution in [3.05, 3.63) is 28.2 Å². The Bertz CT molecular complexity index is 555. The van der Waals surface area contributed by atoms with E-state index in [9.17, 15) is 4.79 Å². The Morgan fingerprint density at radius 1 is 1.14 bits per heavy atom. The van der Waals surface area contributed by atoms with Gasteiger partial charge in [-0.3, -0.25) is 4.79 Å². The van der Waals surface area contributed by atoms with Crippen LogP contribution in [-0.4, -0.2) is 18.5 Å². The number of fused-ring (bicyclic) bond motifs is 5. The lowest BCUT2D eigenvalue weighted by molar-refractivity contribution is -0.115. The Labute approximate surface area is 134 Å². The topological polar surface area (TPSA) is 41.1 Å². The van der Waals surface area contributed by atoms with E-state index in [2.05, 4.69) is 10.6 Å². The first kappa shape index (κ1) is 13.9. The average Bonchev–Trinajstić information content (AvgIpc) is 2.84. The molecule has 3 aliphatic carbocycles. The van der Waals surface area contributed by atoms with Crippen molar-refractivity contribution in [1.82, 2.24) is 5.32 Å². The predicted octanol–water partition coefficient (Wildman–Crippen LogP) is 3.57. The van der Waals surface area contributed by atoms with E-state index < -0.39 is 0 Å². The number of carbonyl (C=O) groups excluding carboxylic acids is 1. The van der Waals surface area contributed by atoms with E-state index in [1.165, 1.54) is 19.3 Å². The minimum atomic E-state index is -0.0812. The van der Waals surface area contributed by atoms with Crippen molar-refractivity contribution in [3.63, 3.8) is 0 Å². The van der Waals surface area contributed by atoms with Gasteiger partial charge >= 0.3 is 0 Å². The van der Waals surface area contributed by atoms with Crippen molar-refractivity contribution in [1.29, 1.82) is 0 Å². The van der Waals surface area contributed by atoms with Gasteiger partial charge in [-0.1, -0.05) is 29.3 Å². The first-order valence-electron chi connectivity index (χ1n) is 7.62. The van der Waals surface area contributed by atoms with Crippen LogP contribution in [0, 0.1) is 23.7 Å². The van der Waals surface area contributed by atoms with Crippen LogP contribution < -0.4 is 10.6 Å². The Morgan fingerprint density at radius 3 is 2.38 bits per heavy atom. The number of carbonyl (C=O) groups is 1. The molecule has 112 valence electrons. The number of halogens is 2. The molecule has 1 aromatic rings. The van der Waals surface area contributed by atoms with Crippen molar-refractivity contribution in [2.24, 2.45) is 23.7 Å². The van der Waals surface area contributed by atoms with Crippen molar-refractivity contribution < 1.29 is 4.79 Å². The second-order valence-electron chi connectivity index (χ2n) is 6.54. The first-order valence-corrected chi connectivity index (χ1v) is 8.38. The number of benzene rings is 1. The van der Waals surface area contributed by atoms with Gasteiger partial charge in [0.05, 0.1) is 22.3 Å². The van der Waals surface area contributed by atoms with Gasteiger partial charge in [-0.15, -0.1) is 0 Å². The van der Waals surface area contributed by atoms with Crippen LogP contribution in [0.25, 0.3) is 0 Å². The van der Waals surface area contributed by atoms with Crippen LogP contribution in [0.3, 0.4) is 0 Å². The minimum Gasteiger partial charge on any atom is -0.322 e. The molecule has 0 radical (unpaired) electrons. The van der Waals surface area contributed by atoms with Crippen molar-refractivity contribution in [3.8, 4) is 0 Å². The molecule has 3 nitrogen and oxygen atoms in total. The quantitative estimate of drug-likeness (QED) is 0.889. The second-order valence-corrected chi connectivity index (χ2v) is 7.35. The van der Waals surface area contributed by atoms with Crippen LogP contribution in [0.2, 0.25) is 10.0 Å². The van der Waals surface area contributed by atoms with Crippen LogP contribution >= 0.6 is 23.2 Å². The fourth-order valence-electron chi connectivity index (χ4n) is 4.61. The number of rotatable bonds is 4. The monoisotopic (exact) mass is 324 g/mol. The third-order valence-corrected chi connectivity index (χ3v) is 6.09. The molecule has 5 heteroatoms. The summed E-state index contributed by atoms with van der Waals surface area (Å²) in [6, 6.07) is 5.77. The van der Waals surface area contributed by atoms with Gasteiger partial charge in [0.1, 0.15) is 0 Å². The molecule has 0 heterocycles. The highest BCUT2D eigenvalue weighted by Gasteiger charge is 2.64. The van der Waals surface area contributed by atoms with E-state index in [1.807, 2.05) is 0 Å². The zero-order chi connectivity index (χ0) is 14.6. The molecule has 0 saturated heterocycles. The van der Waals surface area contributed by atoms with Crippen molar-refractivity contribution in [2.75, 3.05) is 11.9 Å². The maximum Gasteiger partial charge on any atom is 0.238 e. The van der Waals surface area contributed by atoms with Crippen molar-refractivity contribution >= 4 is 34.8 Å². The third-order valence-electron chi connectivity index (χ3n) is 5.46. The van der Waals surface area contributed by atoms with Crippen LogP contribution in [-0.2, 0) is 4.79 Å². The molecule has 4 unspecified atom stereocenters. The lowest BCUT2D eigenvalue weighted by atomic mass is 10.0. The van der Waals surface area contributed by atoms with Gasteiger partial charge < -0.3 is 10.6 Å². The first-order chi connectivity index (χ1) is 10.1. The maximum atomic E-state index is 12.1. The number of amides is 1. The highest BCUT2D eigenvalue weighted by atomic mass is 35.5. The molecule has 3 fully saturated rings. The Morgan fingerprint density at radius 2 is 1.76 bits per heavy atom. The van der Waals surface area contributed by atoms with E-state index in [1.54, 1.807) is 18.2 Å². The molecule has 4 rings (SSSR count). The van der Waals surface area contributed by atoms with Gasteiger partial charge in [0.2, 0.25) is 5.91 Å². The van der Waals surface area contributed by atoms with E-state index in [4.69, 9.17) is 23.2 Å². The SMILES string of the molecule is O=C(CNC1C2C3CCC(C3)C12)Nc1c(Cl)cccc1Cl. The van der Waals surface area contributed by atoms with Gasteiger partial charge in [0.15, 0.2) is 0 Å². The normalized spacial score (nSPS) is 35.6. The summed E-state index contributed by atoms with van der Waals surface area (Å²) >= 11 is 12.1. The average molecular weight is 325 g/mol. The fraction of sp³-hybridized carbons (Fsp3) is 0.562. The van der Waals surface area contributed by atoms with Crippen LogP contribution in [0.1, 0.15) is 19.3 Å². The van der Waals surface area contributed by atoms with Gasteiger partial charge in [-0.2, -0.15) is 0 Å². The molecule has 2 bridgehead atoms. The van der Waals surface area contributed by atoms with Gasteiger partial charge in [0.25, 0.3) is 0 Å². The number of hydrogen-bond acceptors (Lipinski definition) is 2. The molecule has 2 N–H and O–H groups in total. The van der Waals surface area contributed by atoms with E-state index in [-0.39, 0.29) is 5.91 Å². The molecule has 1 amide bonds. The molecule has 21 heavy (non-hydrogen) atoms. The van der Waals surface area contributed by atoms with E-state index in [0.29, 0.717) is 28.3 Å². The molecule has 1 aromatic carbocycles. The smallest absolute Gasteiger partial charge is 0.238 e. The molecule has 4 atom stereocenters. The lowest BCUT2D eigenvalue weighted by Crippen LogP contribution is -2.32. The summed E-state index contributed by atoms with van der Waals surface area (Å²) in [4.78, 5) is 12.1. The number of para-hydroxylation sites is 1. The molecule has 0 spiro atoms. The summed E-state index contributed by atoms with van der Waals surface area (Å²) < 4.78 is 0. The third kappa shape index (κ3) is 2.36. The summed E-state index contributed by atoms with van der Waals surface area (Å²) in [5, 5.41) is 7.16. The minimum absolute atomic E-state index is 0.0812. The molecule has 3 aliphatic rings. The number of nitrogens with one attached hydrogen (secondary N) is 2. The number of hydrogen-bond donors (Lipinski definition) is 2. The zero-order valence-electron chi connectivity index (χ0n) is 11.6. The summed E-state index contributed by atoms with van der Waals surface area (Å²) in [5.74, 6) is 3.42. The highest BCUT2D eigenvalue weighted by molar-refractivity contribution is 6.39. The lowest BCUT2D eigenvalue weighted by Gasteiger charge is -2.12. The molecule has 0 aliphatic heterocycles. The maximum absolute atomic E-state index is 12.1. The fourth-order valence-corrected chi connectivity index (χ4v) is 5.10. The number of anilines is 1. The molecular weight excluding hydrogens is 307 g/mol. The highest BCUT2D eigenvalue weighted by Crippen LogP contribution is 2.65.